The summed E-state index contributed by atoms with van der Waals surface area (Å²) in [6.07, 6.45) is 5.65. The van der Waals surface area contributed by atoms with Crippen molar-refractivity contribution >= 4 is 61.8 Å². The molecule has 0 bridgehead atoms. The van der Waals surface area contributed by atoms with Crippen molar-refractivity contribution in [1.82, 2.24) is 9.58 Å². The number of aromatic nitrogens is 1. The number of amidine groups is 2. The number of hydrogen-bond donors (Lipinski definition) is 1. The summed E-state index contributed by atoms with van der Waals surface area (Å²) >= 11 is 2.91. The Morgan fingerprint density at radius 1 is 1.00 bits per heavy atom. The van der Waals surface area contributed by atoms with Gasteiger partial charge in [-0.2, -0.15) is 10.0 Å². The van der Waals surface area contributed by atoms with E-state index in [0.717, 1.165) is 51.7 Å². The van der Waals surface area contributed by atoms with Gasteiger partial charge in [-0.25, -0.2) is 0 Å². The fourth-order valence-electron chi connectivity index (χ4n) is 4.73. The summed E-state index contributed by atoms with van der Waals surface area (Å²) in [4.78, 5) is 17.3. The summed E-state index contributed by atoms with van der Waals surface area (Å²) in [7, 11) is 0. The van der Waals surface area contributed by atoms with Gasteiger partial charge in [0.25, 0.3) is 5.91 Å². The highest BCUT2D eigenvalue weighted by atomic mass is 32.2. The van der Waals surface area contributed by atoms with Crippen LogP contribution in [-0.2, 0) is 23.5 Å². The lowest BCUT2D eigenvalue weighted by Crippen LogP contribution is -2.35. The molecule has 206 valence electrons. The van der Waals surface area contributed by atoms with Crippen LogP contribution >= 0.6 is 23.5 Å². The summed E-state index contributed by atoms with van der Waals surface area (Å²) in [5, 5.41) is 16.3. The summed E-state index contributed by atoms with van der Waals surface area (Å²) in [5.41, 5.74) is 4.65. The average Bonchev–Trinajstić information content (AvgIpc) is 3.58. The Kier molecular flexibility index (Phi) is 8.07. The van der Waals surface area contributed by atoms with E-state index in [1.807, 2.05) is 54.7 Å². The summed E-state index contributed by atoms with van der Waals surface area (Å²) in [6, 6.07) is 26.5. The van der Waals surface area contributed by atoms with Crippen molar-refractivity contribution in [3.05, 3.63) is 107 Å². The zero-order valence-corrected chi connectivity index (χ0v) is 24.3. The number of nitrogens with zero attached hydrogens (tertiary/aromatic N) is 4. The van der Waals surface area contributed by atoms with Gasteiger partial charge in [0, 0.05) is 35.0 Å². The van der Waals surface area contributed by atoms with Gasteiger partial charge in [0.05, 0.1) is 12.2 Å². The fourth-order valence-corrected chi connectivity index (χ4v) is 6.61. The molecule has 7 nitrogen and oxygen atoms in total. The van der Waals surface area contributed by atoms with Gasteiger partial charge in [-0.1, -0.05) is 79.3 Å². The molecule has 1 N–H and O–H groups in total. The van der Waals surface area contributed by atoms with Crippen LogP contribution in [0.25, 0.3) is 17.0 Å². The predicted octanol–water partition coefficient (Wildman–Crippen LogP) is 7.18. The lowest BCUT2D eigenvalue weighted by atomic mass is 10.1. The maximum absolute atomic E-state index is 13.0. The number of hydrogen-bond acceptors (Lipinski definition) is 6. The molecule has 0 spiro atoms. The fraction of sp³-hybridized carbons (Fsp3) is 0.188. The molecule has 0 fully saturated rings. The SMILES string of the molecule is CCc1ccc(OCCCn2cc(/C=C3/C(=N)N4N=C(SCc5ccccc5)SC4=NC3=O)c3ccccc32)cc1. The molecule has 41 heavy (non-hydrogen) atoms. The molecule has 2 aliphatic heterocycles. The standard InChI is InChI=1S/C32H29N5O2S2/c1-2-22-13-15-25(16-14-22)39-18-8-17-36-20-24(26-11-6-7-12-28(26)36)19-27-29(33)37-31(34-30(27)38)41-32(35-37)40-21-23-9-4-3-5-10-23/h3-7,9-16,19-20,33H,2,8,17-18,21H2,1H3/b27-19-,33-29?. The Balaban J connectivity index is 1.16. The molecule has 6 rings (SSSR count). The molecule has 9 heteroatoms. The number of nitrogens with one attached hydrogen (secondary N) is 1. The van der Waals surface area contributed by atoms with Crippen molar-refractivity contribution in [2.75, 3.05) is 6.61 Å². The van der Waals surface area contributed by atoms with Crippen molar-refractivity contribution in [1.29, 1.82) is 5.41 Å². The first-order chi connectivity index (χ1) is 20.1. The van der Waals surface area contributed by atoms with Crippen molar-refractivity contribution < 1.29 is 9.53 Å². The van der Waals surface area contributed by atoms with E-state index in [-0.39, 0.29) is 11.4 Å². The number of aliphatic imine (C=N–C) groups is 1. The van der Waals surface area contributed by atoms with Gasteiger partial charge in [0.2, 0.25) is 5.17 Å². The Morgan fingerprint density at radius 2 is 1.78 bits per heavy atom. The molecule has 0 unspecified atom stereocenters. The second-order valence-electron chi connectivity index (χ2n) is 9.65. The topological polar surface area (TPSA) is 83.0 Å². The van der Waals surface area contributed by atoms with Crippen LogP contribution in [0.3, 0.4) is 0 Å². The molecule has 0 saturated heterocycles. The van der Waals surface area contributed by atoms with Crippen LogP contribution in [0.15, 0.2) is 101 Å². The smallest absolute Gasteiger partial charge is 0.283 e. The molecule has 1 amide bonds. The van der Waals surface area contributed by atoms with Crippen molar-refractivity contribution in [2.24, 2.45) is 10.1 Å². The zero-order chi connectivity index (χ0) is 28.2. The lowest BCUT2D eigenvalue weighted by Gasteiger charge is -2.20. The van der Waals surface area contributed by atoms with Crippen LogP contribution in [0, 0.1) is 5.41 Å². The first-order valence-corrected chi connectivity index (χ1v) is 15.4. The van der Waals surface area contributed by atoms with Gasteiger partial charge in [-0.3, -0.25) is 10.2 Å². The molecule has 0 aliphatic carbocycles. The largest absolute Gasteiger partial charge is 0.494 e. The van der Waals surface area contributed by atoms with Crippen LogP contribution in [0.4, 0.5) is 0 Å². The van der Waals surface area contributed by atoms with E-state index < -0.39 is 5.91 Å². The first-order valence-electron chi connectivity index (χ1n) is 13.6. The predicted molar refractivity (Wildman–Crippen MR) is 171 cm³/mol. The second-order valence-corrected chi connectivity index (χ2v) is 11.8. The molecular weight excluding hydrogens is 551 g/mol. The monoisotopic (exact) mass is 579 g/mol. The van der Waals surface area contributed by atoms with Gasteiger partial charge < -0.3 is 9.30 Å². The Hall–Kier alpha value is -4.08. The molecule has 1 aromatic heterocycles. The number of ether oxygens (including phenoxy) is 1. The molecule has 0 radical (unpaired) electrons. The van der Waals surface area contributed by atoms with Crippen molar-refractivity contribution in [3.8, 4) is 5.75 Å². The normalized spacial score (nSPS) is 15.8. The summed E-state index contributed by atoms with van der Waals surface area (Å²) in [5.74, 6) is 1.26. The van der Waals surface area contributed by atoms with Gasteiger partial charge >= 0.3 is 0 Å². The third-order valence-corrected chi connectivity index (χ3v) is 9.02. The number of thioether (sulfide) groups is 2. The molecule has 3 aromatic carbocycles. The van der Waals surface area contributed by atoms with Gasteiger partial charge in [0.1, 0.15) is 5.75 Å². The number of aryl methyl sites for hydroxylation is 2. The van der Waals surface area contributed by atoms with Crippen LogP contribution in [0.2, 0.25) is 0 Å². The van der Waals surface area contributed by atoms with Gasteiger partial charge in [-0.15, -0.1) is 5.10 Å². The number of hydrazone groups is 1. The Morgan fingerprint density at radius 3 is 2.59 bits per heavy atom. The number of carbonyl (C=O) groups excluding carboxylic acids is 1. The van der Waals surface area contributed by atoms with Crippen molar-refractivity contribution in [3.63, 3.8) is 0 Å². The summed E-state index contributed by atoms with van der Waals surface area (Å²) in [6.45, 7) is 3.51. The van der Waals surface area contributed by atoms with E-state index in [2.05, 4.69) is 51.9 Å². The van der Waals surface area contributed by atoms with E-state index in [4.69, 9.17) is 10.1 Å². The molecule has 4 aromatic rings. The van der Waals surface area contributed by atoms with E-state index >= 15 is 0 Å². The second kappa shape index (κ2) is 12.2. The van der Waals surface area contributed by atoms with Crippen LogP contribution in [0.5, 0.6) is 5.75 Å². The number of carbonyl (C=O) groups is 1. The van der Waals surface area contributed by atoms with Crippen LogP contribution < -0.4 is 4.74 Å². The van der Waals surface area contributed by atoms with Gasteiger partial charge in [-0.05, 0) is 60.0 Å². The molecule has 2 aliphatic rings. The maximum Gasteiger partial charge on any atom is 0.283 e. The molecular formula is C32H29N5O2S2. The van der Waals surface area contributed by atoms with E-state index in [1.165, 1.54) is 27.9 Å². The Labute approximate surface area is 247 Å². The van der Waals surface area contributed by atoms with Crippen molar-refractivity contribution in [2.45, 2.75) is 32.1 Å². The van der Waals surface area contributed by atoms with E-state index in [1.54, 1.807) is 17.8 Å². The van der Waals surface area contributed by atoms with E-state index in [9.17, 15) is 4.79 Å². The minimum atomic E-state index is -0.419. The minimum Gasteiger partial charge on any atom is -0.494 e. The summed E-state index contributed by atoms with van der Waals surface area (Å²) < 4.78 is 8.90. The average molecular weight is 580 g/mol. The number of amides is 1. The minimum absolute atomic E-state index is 0.0436. The first kappa shape index (κ1) is 27.1. The van der Waals surface area contributed by atoms with Crippen LogP contribution in [-0.4, -0.2) is 37.5 Å². The number of benzene rings is 3. The number of fused-ring (bicyclic) bond motifs is 2. The highest BCUT2D eigenvalue weighted by Gasteiger charge is 2.36. The lowest BCUT2D eigenvalue weighted by molar-refractivity contribution is -0.114. The number of para-hydroxylation sites is 1. The third kappa shape index (κ3) is 6.01. The molecule has 3 heterocycles. The molecule has 0 atom stereocenters. The van der Waals surface area contributed by atoms with Crippen LogP contribution in [0.1, 0.15) is 30.0 Å². The molecule has 0 saturated carbocycles. The quantitative estimate of drug-likeness (QED) is 0.168. The number of rotatable bonds is 9. The van der Waals surface area contributed by atoms with Gasteiger partial charge in [0.15, 0.2) is 10.2 Å². The highest BCUT2D eigenvalue weighted by molar-refractivity contribution is 8.45. The zero-order valence-electron chi connectivity index (χ0n) is 22.6. The maximum atomic E-state index is 13.0. The van der Waals surface area contributed by atoms with E-state index in [0.29, 0.717) is 11.8 Å². The Bertz CT molecular complexity index is 1690. The third-order valence-electron chi connectivity index (χ3n) is 6.90. The highest BCUT2D eigenvalue weighted by Crippen LogP contribution is 2.34.